The standard InChI is InChI=1S/C9H4F3NO/c10-7-8(14)5-3-1-2-4-6(5)13(12)9(7)11/h1-4H. The third kappa shape index (κ3) is 1.02. The minimum absolute atomic E-state index is 0.186. The van der Waals surface area contributed by atoms with Crippen molar-refractivity contribution in [1.82, 2.24) is 4.79 Å². The van der Waals surface area contributed by atoms with Gasteiger partial charge in [-0.2, -0.15) is 8.78 Å². The number of para-hydroxylation sites is 1. The van der Waals surface area contributed by atoms with Gasteiger partial charge in [0.25, 0.3) is 5.95 Å². The second-order valence-corrected chi connectivity index (χ2v) is 2.73. The Kier molecular flexibility index (Phi) is 1.80. The lowest BCUT2D eigenvalue weighted by Crippen LogP contribution is -2.14. The lowest BCUT2D eigenvalue weighted by molar-refractivity contribution is 0.286. The SMILES string of the molecule is O=c1c(F)c(F)n(F)c2ccccc12. The highest BCUT2D eigenvalue weighted by Gasteiger charge is 2.15. The summed E-state index contributed by atoms with van der Waals surface area (Å²) in [4.78, 5) is 10.6. The first kappa shape index (κ1) is 8.80. The number of nitrogens with zero attached hydrogens (tertiary/aromatic N) is 1. The average molecular weight is 199 g/mol. The summed E-state index contributed by atoms with van der Waals surface area (Å²) in [6, 6.07) is 5.30. The van der Waals surface area contributed by atoms with E-state index in [0.29, 0.717) is 0 Å². The van der Waals surface area contributed by atoms with Crippen molar-refractivity contribution in [2.75, 3.05) is 0 Å². The molecule has 0 spiro atoms. The van der Waals surface area contributed by atoms with E-state index in [1.165, 1.54) is 24.3 Å². The van der Waals surface area contributed by atoms with Crippen LogP contribution in [0, 0.1) is 11.8 Å². The molecule has 5 heteroatoms. The number of fused-ring (bicyclic) bond motifs is 1. The van der Waals surface area contributed by atoms with E-state index in [1.54, 1.807) is 0 Å². The van der Waals surface area contributed by atoms with Gasteiger partial charge in [0.05, 0.1) is 10.9 Å². The monoisotopic (exact) mass is 199 g/mol. The van der Waals surface area contributed by atoms with Gasteiger partial charge in [0.1, 0.15) is 0 Å². The molecule has 0 unspecified atom stereocenters. The Hall–Kier alpha value is -1.78. The summed E-state index contributed by atoms with van der Waals surface area (Å²) in [7, 11) is 0. The van der Waals surface area contributed by atoms with Gasteiger partial charge < -0.3 is 0 Å². The minimum atomic E-state index is -1.80. The van der Waals surface area contributed by atoms with E-state index in [0.717, 1.165) is 0 Å². The van der Waals surface area contributed by atoms with Crippen molar-refractivity contribution in [3.63, 3.8) is 0 Å². The maximum atomic E-state index is 13.0. The van der Waals surface area contributed by atoms with Crippen LogP contribution in [-0.2, 0) is 0 Å². The molecule has 72 valence electrons. The van der Waals surface area contributed by atoms with E-state index >= 15 is 0 Å². The molecule has 0 aliphatic rings. The summed E-state index contributed by atoms with van der Waals surface area (Å²) in [6.07, 6.45) is 0. The summed E-state index contributed by atoms with van der Waals surface area (Å²) in [5.74, 6) is -3.50. The number of hydrogen-bond donors (Lipinski definition) is 0. The fourth-order valence-electron chi connectivity index (χ4n) is 1.24. The van der Waals surface area contributed by atoms with Crippen molar-refractivity contribution in [3.8, 4) is 0 Å². The van der Waals surface area contributed by atoms with Crippen LogP contribution in [0.25, 0.3) is 10.9 Å². The maximum Gasteiger partial charge on any atom is 0.262 e. The second kappa shape index (κ2) is 2.87. The van der Waals surface area contributed by atoms with Crippen LogP contribution >= 0.6 is 0 Å². The predicted molar refractivity (Wildman–Crippen MR) is 44.6 cm³/mol. The molecule has 1 heterocycles. The molecule has 2 aromatic rings. The van der Waals surface area contributed by atoms with Gasteiger partial charge in [-0.15, -0.1) is 4.79 Å². The Morgan fingerprint density at radius 2 is 1.79 bits per heavy atom. The van der Waals surface area contributed by atoms with E-state index in [2.05, 4.69) is 0 Å². The first-order valence-corrected chi connectivity index (χ1v) is 3.78. The van der Waals surface area contributed by atoms with Crippen molar-refractivity contribution in [2.24, 2.45) is 0 Å². The van der Waals surface area contributed by atoms with Crippen molar-refractivity contribution in [1.29, 1.82) is 0 Å². The lowest BCUT2D eigenvalue weighted by Gasteiger charge is -2.02. The molecule has 0 aliphatic heterocycles. The molecule has 0 fully saturated rings. The van der Waals surface area contributed by atoms with Crippen LogP contribution < -0.4 is 5.43 Å². The van der Waals surface area contributed by atoms with Gasteiger partial charge in [0, 0.05) is 0 Å². The number of aromatic nitrogens is 1. The topological polar surface area (TPSA) is 22.0 Å². The Morgan fingerprint density at radius 1 is 1.14 bits per heavy atom. The second-order valence-electron chi connectivity index (χ2n) is 2.73. The molecule has 0 aliphatic carbocycles. The largest absolute Gasteiger partial charge is 0.286 e. The summed E-state index contributed by atoms with van der Waals surface area (Å²) in [5.41, 5.74) is -1.41. The number of pyridine rings is 1. The smallest absolute Gasteiger partial charge is 0.262 e. The van der Waals surface area contributed by atoms with Crippen molar-refractivity contribution in [3.05, 3.63) is 46.3 Å². The molecule has 0 saturated heterocycles. The van der Waals surface area contributed by atoms with Gasteiger partial charge >= 0.3 is 0 Å². The molecule has 0 saturated carbocycles. The zero-order chi connectivity index (χ0) is 10.3. The number of rotatable bonds is 0. The van der Waals surface area contributed by atoms with Crippen LogP contribution in [0.1, 0.15) is 0 Å². The van der Waals surface area contributed by atoms with Crippen molar-refractivity contribution in [2.45, 2.75) is 0 Å². The number of hydrogen-bond acceptors (Lipinski definition) is 1. The highest BCUT2D eigenvalue weighted by molar-refractivity contribution is 5.78. The fourth-order valence-corrected chi connectivity index (χ4v) is 1.24. The highest BCUT2D eigenvalue weighted by Crippen LogP contribution is 2.13. The number of benzene rings is 1. The average Bonchev–Trinajstić information content (AvgIpc) is 2.23. The first-order chi connectivity index (χ1) is 6.63. The van der Waals surface area contributed by atoms with Crippen LogP contribution in [0.2, 0.25) is 0 Å². The molecule has 1 aromatic heterocycles. The van der Waals surface area contributed by atoms with Crippen LogP contribution in [0.3, 0.4) is 0 Å². The van der Waals surface area contributed by atoms with E-state index in [4.69, 9.17) is 0 Å². The molecular weight excluding hydrogens is 195 g/mol. The number of halogens is 3. The summed E-state index contributed by atoms with van der Waals surface area (Å²) < 4.78 is 38.5. The van der Waals surface area contributed by atoms with Gasteiger partial charge in [-0.05, 0) is 12.1 Å². The first-order valence-electron chi connectivity index (χ1n) is 3.78. The molecule has 0 N–H and O–H groups in total. The molecule has 14 heavy (non-hydrogen) atoms. The third-order valence-corrected chi connectivity index (χ3v) is 1.91. The molecule has 2 nitrogen and oxygen atoms in total. The quantitative estimate of drug-likeness (QED) is 0.595. The third-order valence-electron chi connectivity index (χ3n) is 1.91. The van der Waals surface area contributed by atoms with Crippen molar-refractivity contribution >= 4 is 10.9 Å². The predicted octanol–water partition coefficient (Wildman–Crippen LogP) is 2.01. The summed E-state index contributed by atoms with van der Waals surface area (Å²) in [5, 5.41) is -0.186. The Morgan fingerprint density at radius 3 is 2.50 bits per heavy atom. The van der Waals surface area contributed by atoms with E-state index in [-0.39, 0.29) is 10.9 Å². The highest BCUT2D eigenvalue weighted by atomic mass is 19.2. The van der Waals surface area contributed by atoms with Crippen LogP contribution in [-0.4, -0.2) is 4.79 Å². The van der Waals surface area contributed by atoms with E-state index in [1.807, 2.05) is 0 Å². The normalized spacial score (nSPS) is 10.8. The van der Waals surface area contributed by atoms with Gasteiger partial charge in [0.2, 0.25) is 11.2 Å². The zero-order valence-electron chi connectivity index (χ0n) is 6.80. The van der Waals surface area contributed by atoms with Crippen LogP contribution in [0.15, 0.2) is 29.1 Å². The van der Waals surface area contributed by atoms with Crippen molar-refractivity contribution < 1.29 is 13.3 Å². The Labute approximate surface area is 76.1 Å². The lowest BCUT2D eigenvalue weighted by atomic mass is 10.2. The van der Waals surface area contributed by atoms with Crippen LogP contribution in [0.4, 0.5) is 13.3 Å². The van der Waals surface area contributed by atoms with Gasteiger partial charge in [-0.3, -0.25) is 4.79 Å². The van der Waals surface area contributed by atoms with Gasteiger partial charge in [0.15, 0.2) is 0 Å². The molecule has 1 aromatic carbocycles. The molecule has 2 rings (SSSR count). The summed E-state index contributed by atoms with van der Waals surface area (Å²) in [6.45, 7) is 0. The Balaban J connectivity index is 3.10. The molecular formula is C9H4F3NO. The van der Waals surface area contributed by atoms with E-state index < -0.39 is 22.0 Å². The minimum Gasteiger partial charge on any atom is -0.286 e. The maximum absolute atomic E-state index is 13.0. The molecule has 0 radical (unpaired) electrons. The van der Waals surface area contributed by atoms with Gasteiger partial charge in [-0.1, -0.05) is 16.6 Å². The van der Waals surface area contributed by atoms with E-state index in [9.17, 15) is 18.1 Å². The van der Waals surface area contributed by atoms with Gasteiger partial charge in [-0.25, -0.2) is 0 Å². The molecule has 0 atom stereocenters. The zero-order valence-corrected chi connectivity index (χ0v) is 6.80. The molecule has 0 amide bonds. The Bertz CT molecular complexity index is 562. The summed E-state index contributed by atoms with van der Waals surface area (Å²) >= 11 is 0. The van der Waals surface area contributed by atoms with Crippen LogP contribution in [0.5, 0.6) is 0 Å². The fraction of sp³-hybridized carbons (Fsp3) is 0. The molecule has 0 bridgehead atoms.